The maximum Gasteiger partial charge on any atom is 0.286 e. The molecule has 1 fully saturated rings. The molecule has 1 N–H and O–H groups in total. The molecule has 0 bridgehead atoms. The summed E-state index contributed by atoms with van der Waals surface area (Å²) in [6.45, 7) is 2.08. The molecule has 1 aromatic carbocycles. The normalized spacial score (nSPS) is 16.6. The number of aromatic nitrogens is 1. The number of hydrogen-bond donors (Lipinski definition) is 1. The second-order valence-electron chi connectivity index (χ2n) is 6.22. The molecule has 5 nitrogen and oxygen atoms in total. The summed E-state index contributed by atoms with van der Waals surface area (Å²) >= 11 is 1.01. The fourth-order valence-electron chi connectivity index (χ4n) is 2.77. The van der Waals surface area contributed by atoms with Crippen molar-refractivity contribution in [1.82, 2.24) is 10.3 Å². The fourth-order valence-corrected chi connectivity index (χ4v) is 3.63. The fraction of sp³-hybridized carbons (Fsp3) is 0.300. The molecule has 2 aromatic rings. The van der Waals surface area contributed by atoms with E-state index in [4.69, 9.17) is 0 Å². The molecule has 134 valence electrons. The Morgan fingerprint density at radius 1 is 1.12 bits per heavy atom. The van der Waals surface area contributed by atoms with Gasteiger partial charge >= 0.3 is 0 Å². The number of carbonyl (C=O) groups excluding carboxylic acids is 3. The third kappa shape index (κ3) is 4.58. The molecule has 1 saturated heterocycles. The monoisotopic (exact) mass is 368 g/mol. The van der Waals surface area contributed by atoms with Crippen LogP contribution in [0.3, 0.4) is 0 Å². The summed E-state index contributed by atoms with van der Waals surface area (Å²) in [5.74, 6) is -0.178. The summed E-state index contributed by atoms with van der Waals surface area (Å²) in [6, 6.07) is 11.3. The second-order valence-corrected chi connectivity index (χ2v) is 7.39. The lowest BCUT2D eigenvalue weighted by molar-refractivity contribution is -0.118. The highest BCUT2D eigenvalue weighted by atomic mass is 32.2. The molecule has 2 amide bonds. The molecule has 0 aliphatic carbocycles. The highest BCUT2D eigenvalue weighted by Gasteiger charge is 2.31. The van der Waals surface area contributed by atoms with Crippen LogP contribution in [-0.4, -0.2) is 27.2 Å². The number of rotatable bonds is 7. The zero-order valence-electron chi connectivity index (χ0n) is 14.5. The summed E-state index contributed by atoms with van der Waals surface area (Å²) in [7, 11) is 0. The third-order valence-corrected chi connectivity index (χ3v) is 5.35. The van der Waals surface area contributed by atoms with E-state index >= 15 is 0 Å². The van der Waals surface area contributed by atoms with Crippen molar-refractivity contribution in [3.05, 3.63) is 65.0 Å². The van der Waals surface area contributed by atoms with Crippen LogP contribution in [0.4, 0.5) is 4.79 Å². The van der Waals surface area contributed by atoms with Gasteiger partial charge < -0.3 is 0 Å². The van der Waals surface area contributed by atoms with E-state index in [9.17, 15) is 14.4 Å². The lowest BCUT2D eigenvalue weighted by Gasteiger charge is -2.07. The Morgan fingerprint density at radius 2 is 1.85 bits per heavy atom. The number of hydrogen-bond acceptors (Lipinski definition) is 5. The van der Waals surface area contributed by atoms with Gasteiger partial charge in [0.2, 0.25) is 5.91 Å². The average Bonchev–Trinajstić information content (AvgIpc) is 2.97. The number of aryl methyl sites for hydroxylation is 2. The molecule has 1 unspecified atom stereocenters. The Bertz CT molecular complexity index is 816. The number of benzene rings is 1. The van der Waals surface area contributed by atoms with Crippen LogP contribution in [0, 0.1) is 0 Å². The number of nitrogens with zero attached hydrogens (tertiary/aromatic N) is 1. The van der Waals surface area contributed by atoms with E-state index in [1.54, 1.807) is 12.1 Å². The molecular weight excluding hydrogens is 348 g/mol. The van der Waals surface area contributed by atoms with Gasteiger partial charge in [-0.3, -0.25) is 24.7 Å². The minimum Gasteiger partial charge on any atom is -0.294 e. The van der Waals surface area contributed by atoms with Crippen molar-refractivity contribution < 1.29 is 14.4 Å². The largest absolute Gasteiger partial charge is 0.294 e. The van der Waals surface area contributed by atoms with E-state index in [1.807, 2.05) is 30.5 Å². The number of thioether (sulfide) groups is 1. The van der Waals surface area contributed by atoms with Crippen molar-refractivity contribution in [2.24, 2.45) is 0 Å². The zero-order chi connectivity index (χ0) is 18.5. The van der Waals surface area contributed by atoms with Crippen LogP contribution in [0.1, 0.15) is 40.5 Å². The topological polar surface area (TPSA) is 76.1 Å². The lowest BCUT2D eigenvalue weighted by Crippen LogP contribution is -2.25. The van der Waals surface area contributed by atoms with Gasteiger partial charge in [-0.05, 0) is 36.5 Å². The minimum absolute atomic E-state index is 0.0704. The van der Waals surface area contributed by atoms with Gasteiger partial charge in [-0.2, -0.15) is 0 Å². The second kappa shape index (κ2) is 8.27. The van der Waals surface area contributed by atoms with Crippen LogP contribution in [0.25, 0.3) is 0 Å². The number of pyridine rings is 1. The molecule has 1 aliphatic rings. The van der Waals surface area contributed by atoms with Gasteiger partial charge in [0.15, 0.2) is 5.78 Å². The molecule has 3 rings (SSSR count). The van der Waals surface area contributed by atoms with Crippen molar-refractivity contribution in [2.75, 3.05) is 0 Å². The Balaban J connectivity index is 1.54. The van der Waals surface area contributed by atoms with Crippen molar-refractivity contribution in [3.63, 3.8) is 0 Å². The number of Topliss-reactive ketones (excluding diaryl/α,β-unsaturated/α-hetero) is 1. The lowest BCUT2D eigenvalue weighted by atomic mass is 10.0. The molecule has 1 atom stereocenters. The number of nitrogens with one attached hydrogen (secondary N) is 1. The Kier molecular flexibility index (Phi) is 5.83. The predicted molar refractivity (Wildman–Crippen MR) is 101 cm³/mol. The molecule has 0 saturated carbocycles. The summed E-state index contributed by atoms with van der Waals surface area (Å²) in [6.07, 6.45) is 4.31. The van der Waals surface area contributed by atoms with Crippen LogP contribution in [0.5, 0.6) is 0 Å². The molecule has 6 heteroatoms. The van der Waals surface area contributed by atoms with Gasteiger partial charge in [-0.25, -0.2) is 0 Å². The van der Waals surface area contributed by atoms with Crippen molar-refractivity contribution in [2.45, 2.75) is 37.9 Å². The third-order valence-electron chi connectivity index (χ3n) is 4.37. The van der Waals surface area contributed by atoms with Crippen LogP contribution < -0.4 is 5.32 Å². The van der Waals surface area contributed by atoms with Gasteiger partial charge in [0.05, 0.1) is 5.25 Å². The molecular formula is C20H20N2O3S. The minimum atomic E-state index is -0.388. The van der Waals surface area contributed by atoms with Crippen LogP contribution in [0.15, 0.2) is 42.6 Å². The van der Waals surface area contributed by atoms with E-state index in [0.29, 0.717) is 24.8 Å². The van der Waals surface area contributed by atoms with Gasteiger partial charge in [0.1, 0.15) is 0 Å². The standard InChI is InChI=1S/C20H20N2O3S/c1-2-13-5-8-16(21-12-13)9-10-17(23)15-6-3-14(4-7-15)11-18-19(24)22-20(25)26-18/h3-8,12,18H,2,9-11H2,1H3,(H,22,24,25). The summed E-state index contributed by atoms with van der Waals surface area (Å²) in [5.41, 5.74) is 3.69. The molecule has 1 aliphatic heterocycles. The van der Waals surface area contributed by atoms with Gasteiger partial charge in [0.25, 0.3) is 5.24 Å². The highest BCUT2D eigenvalue weighted by molar-refractivity contribution is 8.15. The first kappa shape index (κ1) is 18.3. The van der Waals surface area contributed by atoms with Crippen LogP contribution >= 0.6 is 11.8 Å². The molecule has 26 heavy (non-hydrogen) atoms. The average molecular weight is 368 g/mol. The first-order valence-electron chi connectivity index (χ1n) is 8.62. The maximum atomic E-state index is 12.4. The first-order valence-corrected chi connectivity index (χ1v) is 9.50. The number of ketones is 1. The first-order chi connectivity index (χ1) is 12.5. The van der Waals surface area contributed by atoms with Crippen LogP contribution in [-0.2, 0) is 24.1 Å². The summed E-state index contributed by atoms with van der Waals surface area (Å²) < 4.78 is 0. The van der Waals surface area contributed by atoms with Crippen LogP contribution in [0.2, 0.25) is 0 Å². The molecule has 0 radical (unpaired) electrons. The Labute approximate surface area is 156 Å². The van der Waals surface area contributed by atoms with Gasteiger partial charge in [0, 0.05) is 23.9 Å². The molecule has 0 spiro atoms. The van der Waals surface area contributed by atoms with E-state index in [2.05, 4.69) is 17.2 Å². The van der Waals surface area contributed by atoms with Crippen molar-refractivity contribution in [3.8, 4) is 0 Å². The smallest absolute Gasteiger partial charge is 0.286 e. The van der Waals surface area contributed by atoms with Crippen molar-refractivity contribution in [1.29, 1.82) is 0 Å². The van der Waals surface area contributed by atoms with Gasteiger partial charge in [-0.15, -0.1) is 0 Å². The van der Waals surface area contributed by atoms with E-state index in [1.165, 1.54) is 5.56 Å². The molecule has 1 aromatic heterocycles. The maximum absolute atomic E-state index is 12.4. The number of amides is 2. The number of carbonyl (C=O) groups is 3. The van der Waals surface area contributed by atoms with E-state index in [0.717, 1.165) is 29.4 Å². The van der Waals surface area contributed by atoms with E-state index in [-0.39, 0.29) is 22.2 Å². The SMILES string of the molecule is CCc1ccc(CCC(=O)c2ccc(CC3SC(=O)NC3=O)cc2)nc1. The summed E-state index contributed by atoms with van der Waals surface area (Å²) in [4.78, 5) is 39.5. The highest BCUT2D eigenvalue weighted by Crippen LogP contribution is 2.23. The predicted octanol–water partition coefficient (Wildman–Crippen LogP) is 3.35. The van der Waals surface area contributed by atoms with Crippen molar-refractivity contribution >= 4 is 28.7 Å². The number of imide groups is 1. The van der Waals surface area contributed by atoms with Gasteiger partial charge in [-0.1, -0.05) is 49.0 Å². The Morgan fingerprint density at radius 3 is 2.42 bits per heavy atom. The summed E-state index contributed by atoms with van der Waals surface area (Å²) in [5, 5.41) is 1.59. The quantitative estimate of drug-likeness (QED) is 0.759. The molecule has 2 heterocycles. The Hall–Kier alpha value is -2.47. The zero-order valence-corrected chi connectivity index (χ0v) is 15.3. The van der Waals surface area contributed by atoms with E-state index < -0.39 is 0 Å².